The molecule has 5 unspecified atom stereocenters. The Morgan fingerprint density at radius 2 is 1.89 bits per heavy atom. The van der Waals surface area contributed by atoms with Crippen molar-refractivity contribution in [1.82, 2.24) is 0 Å². The minimum atomic E-state index is -1.48. The molecule has 0 aliphatic carbocycles. The molecule has 1 saturated heterocycles. The van der Waals surface area contributed by atoms with Crippen LogP contribution in [0.15, 0.2) is 24.3 Å². The largest absolute Gasteiger partial charge is 0.507 e. The van der Waals surface area contributed by atoms with Crippen LogP contribution in [0.1, 0.15) is 44.7 Å². The van der Waals surface area contributed by atoms with E-state index in [9.17, 15) is 25.5 Å². The summed E-state index contributed by atoms with van der Waals surface area (Å²) in [4.78, 5) is 0. The normalized spacial score (nSPS) is 28.7. The molecule has 0 amide bonds. The van der Waals surface area contributed by atoms with Crippen molar-refractivity contribution in [2.24, 2.45) is 5.92 Å². The summed E-state index contributed by atoms with van der Waals surface area (Å²) < 4.78 is 10.8. The number of benzene rings is 1. The van der Waals surface area contributed by atoms with Gasteiger partial charge in [-0.2, -0.15) is 0 Å². The Hall–Kier alpha value is -1.48. The summed E-state index contributed by atoms with van der Waals surface area (Å²) >= 11 is 0. The highest BCUT2D eigenvalue weighted by Crippen LogP contribution is 2.28. The van der Waals surface area contributed by atoms with E-state index in [0.717, 1.165) is 24.0 Å². The van der Waals surface area contributed by atoms with E-state index in [2.05, 4.69) is 19.9 Å². The van der Waals surface area contributed by atoms with E-state index in [4.69, 9.17) is 9.47 Å². The van der Waals surface area contributed by atoms with Crippen molar-refractivity contribution in [1.29, 1.82) is 0 Å². The summed E-state index contributed by atoms with van der Waals surface area (Å²) in [6.45, 7) is 5.81. The lowest BCUT2D eigenvalue weighted by Gasteiger charge is -2.39. The molecular weight excluding hydrogens is 364 g/mol. The zero-order chi connectivity index (χ0) is 20.8. The van der Waals surface area contributed by atoms with Gasteiger partial charge in [0.1, 0.15) is 30.2 Å². The average Bonchev–Trinajstić information content (AvgIpc) is 2.65. The van der Waals surface area contributed by atoms with Crippen LogP contribution in [0.25, 0.3) is 5.57 Å². The number of aliphatic hydroxyl groups excluding tert-OH is 4. The van der Waals surface area contributed by atoms with Gasteiger partial charge >= 0.3 is 0 Å². The predicted octanol–water partition coefficient (Wildman–Crippen LogP) is 1.55. The molecule has 1 aromatic rings. The van der Waals surface area contributed by atoms with Crippen molar-refractivity contribution in [3.63, 3.8) is 0 Å². The first kappa shape index (κ1) is 22.8. The van der Waals surface area contributed by atoms with Crippen LogP contribution in [0.2, 0.25) is 0 Å². The van der Waals surface area contributed by atoms with Crippen LogP contribution in [0.3, 0.4) is 0 Å². The number of aromatic hydroxyl groups is 1. The van der Waals surface area contributed by atoms with Crippen molar-refractivity contribution in [3.05, 3.63) is 35.4 Å². The van der Waals surface area contributed by atoms with Crippen molar-refractivity contribution in [2.75, 3.05) is 6.61 Å². The Balaban J connectivity index is 1.99. The molecule has 0 radical (unpaired) electrons. The van der Waals surface area contributed by atoms with Gasteiger partial charge in [0.15, 0.2) is 6.29 Å². The zero-order valence-corrected chi connectivity index (χ0v) is 16.7. The van der Waals surface area contributed by atoms with Gasteiger partial charge in [0.05, 0.1) is 13.2 Å². The second-order valence-corrected chi connectivity index (χ2v) is 7.72. The lowest BCUT2D eigenvalue weighted by Crippen LogP contribution is -2.59. The summed E-state index contributed by atoms with van der Waals surface area (Å²) in [5, 5.41) is 49.1. The van der Waals surface area contributed by atoms with Crippen LogP contribution in [0.4, 0.5) is 0 Å². The first-order chi connectivity index (χ1) is 13.2. The SMILES string of the molecule is CC(=CCCC(C)C)c1ccc(COC2OC(CO)C(O)C(O)C2O)cc1O. The smallest absolute Gasteiger partial charge is 0.187 e. The summed E-state index contributed by atoms with van der Waals surface area (Å²) in [5.41, 5.74) is 2.41. The maximum atomic E-state index is 10.3. The number of rotatable bonds is 8. The Morgan fingerprint density at radius 3 is 2.50 bits per heavy atom. The molecule has 7 nitrogen and oxygen atoms in total. The van der Waals surface area contributed by atoms with Gasteiger partial charge in [0.2, 0.25) is 0 Å². The van der Waals surface area contributed by atoms with Gasteiger partial charge in [0.25, 0.3) is 0 Å². The van der Waals surface area contributed by atoms with Crippen molar-refractivity contribution in [2.45, 2.75) is 70.9 Å². The molecular formula is C21H32O7. The van der Waals surface area contributed by atoms with E-state index in [0.29, 0.717) is 11.5 Å². The maximum absolute atomic E-state index is 10.3. The average molecular weight is 396 g/mol. The highest BCUT2D eigenvalue weighted by atomic mass is 16.7. The third-order valence-electron chi connectivity index (χ3n) is 4.94. The Kier molecular flexibility index (Phi) is 8.42. The number of hydrogen-bond donors (Lipinski definition) is 5. The van der Waals surface area contributed by atoms with Crippen molar-refractivity contribution >= 4 is 5.57 Å². The van der Waals surface area contributed by atoms with Crippen LogP contribution < -0.4 is 0 Å². The van der Waals surface area contributed by atoms with Gasteiger partial charge in [0, 0.05) is 5.56 Å². The number of hydrogen-bond acceptors (Lipinski definition) is 7. The van der Waals surface area contributed by atoms with Crippen molar-refractivity contribution < 1.29 is 35.0 Å². The molecule has 5 N–H and O–H groups in total. The van der Waals surface area contributed by atoms with Crippen LogP contribution in [-0.4, -0.2) is 62.8 Å². The lowest BCUT2D eigenvalue weighted by atomic mass is 9.99. The van der Waals surface area contributed by atoms with Gasteiger partial charge < -0.3 is 35.0 Å². The van der Waals surface area contributed by atoms with Crippen molar-refractivity contribution in [3.8, 4) is 5.75 Å². The molecule has 1 fully saturated rings. The van der Waals surface area contributed by atoms with Crippen LogP contribution in [-0.2, 0) is 16.1 Å². The molecule has 0 aromatic heterocycles. The minimum Gasteiger partial charge on any atom is -0.507 e. The molecule has 0 spiro atoms. The Labute approximate surface area is 165 Å². The Bertz CT molecular complexity index is 656. The van der Waals surface area contributed by atoms with Crippen LogP contribution >= 0.6 is 0 Å². The minimum absolute atomic E-state index is 0.0205. The fourth-order valence-corrected chi connectivity index (χ4v) is 3.13. The summed E-state index contributed by atoms with van der Waals surface area (Å²) in [5.74, 6) is 0.757. The maximum Gasteiger partial charge on any atom is 0.187 e. The summed E-state index contributed by atoms with van der Waals surface area (Å²) in [6, 6.07) is 5.19. The number of aliphatic hydroxyl groups is 4. The molecule has 1 aliphatic heterocycles. The number of phenolic OH excluding ortho intramolecular Hbond substituents is 1. The molecule has 1 heterocycles. The fourth-order valence-electron chi connectivity index (χ4n) is 3.13. The van der Waals surface area contributed by atoms with E-state index in [-0.39, 0.29) is 12.4 Å². The monoisotopic (exact) mass is 396 g/mol. The molecule has 7 heteroatoms. The number of phenols is 1. The first-order valence-corrected chi connectivity index (χ1v) is 9.65. The molecule has 0 bridgehead atoms. The lowest BCUT2D eigenvalue weighted by molar-refractivity contribution is -0.304. The fraction of sp³-hybridized carbons (Fsp3) is 0.619. The standard InChI is InChI=1S/C21H32O7/c1-12(2)5-4-6-13(3)15-8-7-14(9-16(15)23)11-27-21-20(26)19(25)18(24)17(10-22)28-21/h6-9,12,17-26H,4-5,10-11H2,1-3H3. The second-order valence-electron chi connectivity index (χ2n) is 7.72. The number of allylic oxidation sites excluding steroid dienone is 2. The van der Waals surface area contributed by atoms with Crippen LogP contribution in [0.5, 0.6) is 5.75 Å². The summed E-state index contributed by atoms with van der Waals surface area (Å²) in [6.07, 6.45) is -2.42. The molecule has 0 saturated carbocycles. The zero-order valence-electron chi connectivity index (χ0n) is 16.7. The number of ether oxygens (including phenoxy) is 2. The van der Waals surface area contributed by atoms with E-state index >= 15 is 0 Å². The highest BCUT2D eigenvalue weighted by Gasteiger charge is 2.43. The van der Waals surface area contributed by atoms with E-state index in [1.807, 2.05) is 13.0 Å². The second kappa shape index (κ2) is 10.3. The third-order valence-corrected chi connectivity index (χ3v) is 4.94. The van der Waals surface area contributed by atoms with Gasteiger partial charge in [-0.1, -0.05) is 32.1 Å². The molecule has 5 atom stereocenters. The third kappa shape index (κ3) is 5.76. The molecule has 1 aliphatic rings. The van der Waals surface area contributed by atoms with Gasteiger partial charge in [-0.25, -0.2) is 0 Å². The topological polar surface area (TPSA) is 120 Å². The Morgan fingerprint density at radius 1 is 1.18 bits per heavy atom. The highest BCUT2D eigenvalue weighted by molar-refractivity contribution is 5.69. The molecule has 158 valence electrons. The summed E-state index contributed by atoms with van der Waals surface area (Å²) in [7, 11) is 0. The van der Waals surface area contributed by atoms with Crippen LogP contribution in [0, 0.1) is 5.92 Å². The molecule has 28 heavy (non-hydrogen) atoms. The predicted molar refractivity (Wildman–Crippen MR) is 104 cm³/mol. The van der Waals surface area contributed by atoms with E-state index < -0.39 is 37.3 Å². The van der Waals surface area contributed by atoms with E-state index in [1.54, 1.807) is 12.1 Å². The first-order valence-electron chi connectivity index (χ1n) is 9.65. The molecule has 1 aromatic carbocycles. The van der Waals surface area contributed by atoms with Gasteiger partial charge in [-0.15, -0.1) is 0 Å². The van der Waals surface area contributed by atoms with Gasteiger partial charge in [-0.3, -0.25) is 0 Å². The molecule has 2 rings (SSSR count). The van der Waals surface area contributed by atoms with Gasteiger partial charge in [-0.05, 0) is 42.9 Å². The quantitative estimate of drug-likeness (QED) is 0.452. The van der Waals surface area contributed by atoms with E-state index in [1.165, 1.54) is 0 Å².